The topological polar surface area (TPSA) is 9.23 Å². The Morgan fingerprint density at radius 2 is 0.906 bits per heavy atom. The normalized spacial score (nSPS) is 10.6. The zero-order chi connectivity index (χ0) is 22.8. The lowest BCUT2D eigenvalue weighted by atomic mass is 10.1. The van der Waals surface area contributed by atoms with Crippen LogP contribution in [0.15, 0.2) is 97.1 Å². The highest BCUT2D eigenvalue weighted by molar-refractivity contribution is 5.76. The first-order chi connectivity index (χ1) is 15.8. The van der Waals surface area contributed by atoms with Crippen LogP contribution in [0, 0.1) is 0 Å². The monoisotopic (exact) mass is 422 g/mol. The van der Waals surface area contributed by atoms with Crippen LogP contribution in [0.3, 0.4) is 0 Å². The molecule has 0 unspecified atom stereocenters. The molecule has 0 bridgehead atoms. The Morgan fingerprint density at radius 1 is 0.531 bits per heavy atom. The summed E-state index contributed by atoms with van der Waals surface area (Å²) in [4.78, 5) is 0. The second kappa shape index (κ2) is 11.9. The van der Waals surface area contributed by atoms with Crippen molar-refractivity contribution >= 4 is 0 Å². The van der Waals surface area contributed by atoms with E-state index in [0.717, 1.165) is 30.8 Å². The number of aryl methyl sites for hydroxylation is 2. The molecule has 164 valence electrons. The zero-order valence-electron chi connectivity index (χ0n) is 19.8. The fraction of sp³-hybridized carbons (Fsp3) is 0.226. The molecular formula is C31H34O. The van der Waals surface area contributed by atoms with E-state index in [0.29, 0.717) is 0 Å². The van der Waals surface area contributed by atoms with E-state index in [1.165, 1.54) is 33.4 Å². The lowest BCUT2D eigenvalue weighted by Gasteiger charge is -2.06. The molecule has 4 aromatic carbocycles. The van der Waals surface area contributed by atoms with Gasteiger partial charge in [-0.3, -0.25) is 0 Å². The van der Waals surface area contributed by atoms with Gasteiger partial charge < -0.3 is 4.74 Å². The highest BCUT2D eigenvalue weighted by atomic mass is 16.5. The average Bonchev–Trinajstić information content (AvgIpc) is 3.25. The van der Waals surface area contributed by atoms with Gasteiger partial charge in [-0.25, -0.2) is 0 Å². The lowest BCUT2D eigenvalue weighted by molar-refractivity contribution is 0.482. The Balaban J connectivity index is 0.000000172. The molecule has 32 heavy (non-hydrogen) atoms. The third kappa shape index (κ3) is 5.88. The van der Waals surface area contributed by atoms with Crippen molar-refractivity contribution in [1.82, 2.24) is 0 Å². The predicted octanol–water partition coefficient (Wildman–Crippen LogP) is 8.89. The number of benzene rings is 4. The summed E-state index contributed by atoms with van der Waals surface area (Å²) in [7, 11) is 0. The molecular weight excluding hydrogens is 388 g/mol. The fourth-order valence-electron chi connectivity index (χ4n) is 3.80. The van der Waals surface area contributed by atoms with Crippen LogP contribution in [0.1, 0.15) is 49.9 Å². The Labute approximate surface area is 193 Å². The molecule has 0 aliphatic heterocycles. The highest BCUT2D eigenvalue weighted by Gasteiger charge is 2.15. The van der Waals surface area contributed by atoms with Gasteiger partial charge in [-0.2, -0.15) is 0 Å². The molecule has 4 aromatic rings. The number of fused-ring (bicyclic) bond motifs is 3. The van der Waals surface area contributed by atoms with Crippen LogP contribution in [0.2, 0.25) is 0 Å². The highest BCUT2D eigenvalue weighted by Crippen LogP contribution is 2.35. The first kappa shape index (κ1) is 23.3. The molecule has 0 amide bonds. The van der Waals surface area contributed by atoms with Gasteiger partial charge in [-0.05, 0) is 76.9 Å². The summed E-state index contributed by atoms with van der Waals surface area (Å²) in [5.74, 6) is 1.79. The second-order valence-electron chi connectivity index (χ2n) is 7.59. The third-order valence-corrected chi connectivity index (χ3v) is 5.60. The molecule has 0 atom stereocenters. The quantitative estimate of drug-likeness (QED) is 0.281. The summed E-state index contributed by atoms with van der Waals surface area (Å²) < 4.78 is 5.78. The molecule has 0 aromatic heterocycles. The smallest absolute Gasteiger partial charge is 0.127 e. The molecule has 1 aliphatic carbocycles. The van der Waals surface area contributed by atoms with E-state index in [2.05, 4.69) is 86.6 Å². The van der Waals surface area contributed by atoms with Crippen LogP contribution in [0.25, 0.3) is 11.1 Å². The van der Waals surface area contributed by atoms with E-state index >= 15 is 0 Å². The summed E-state index contributed by atoms with van der Waals surface area (Å²) >= 11 is 0. The maximum atomic E-state index is 5.78. The van der Waals surface area contributed by atoms with Gasteiger partial charge >= 0.3 is 0 Å². The summed E-state index contributed by atoms with van der Waals surface area (Å²) in [6, 6.07) is 33.8. The van der Waals surface area contributed by atoms with E-state index in [1.807, 2.05) is 38.1 Å². The Bertz CT molecular complexity index is 1000. The SMILES string of the molecule is CC.CCc1ccc(Oc2ccc(CC)cc2)cc1.c1ccc2c(c1)Cc1ccccc1-2. The van der Waals surface area contributed by atoms with Gasteiger partial charge in [0.1, 0.15) is 11.5 Å². The van der Waals surface area contributed by atoms with E-state index in [4.69, 9.17) is 4.74 Å². The van der Waals surface area contributed by atoms with Gasteiger partial charge in [0.25, 0.3) is 0 Å². The predicted molar refractivity (Wildman–Crippen MR) is 138 cm³/mol. The molecule has 1 aliphatic rings. The van der Waals surface area contributed by atoms with Gasteiger partial charge in [0.15, 0.2) is 0 Å². The van der Waals surface area contributed by atoms with Gasteiger partial charge in [-0.15, -0.1) is 0 Å². The van der Waals surface area contributed by atoms with Crippen LogP contribution < -0.4 is 4.74 Å². The summed E-state index contributed by atoms with van der Waals surface area (Å²) in [6.45, 7) is 8.30. The minimum absolute atomic E-state index is 0.895. The standard InChI is InChI=1S/C16H18O.C13H10.C2H6/c1-3-13-5-9-15(10-6-13)17-16-11-7-14(4-2)8-12-16;1-3-7-12-10(5-1)9-11-6-2-4-8-13(11)12;1-2/h5-12H,3-4H2,1-2H3;1-8H,9H2;1-2H3. The number of ether oxygens (including phenoxy) is 1. The molecule has 0 saturated carbocycles. The molecule has 0 radical (unpaired) electrons. The first-order valence-electron chi connectivity index (χ1n) is 11.8. The molecule has 0 saturated heterocycles. The van der Waals surface area contributed by atoms with Gasteiger partial charge in [0, 0.05) is 0 Å². The van der Waals surface area contributed by atoms with Crippen LogP contribution in [-0.4, -0.2) is 0 Å². The molecule has 0 fully saturated rings. The minimum atomic E-state index is 0.895. The van der Waals surface area contributed by atoms with Crippen molar-refractivity contribution in [3.05, 3.63) is 119 Å². The van der Waals surface area contributed by atoms with Gasteiger partial charge in [0.05, 0.1) is 0 Å². The summed E-state index contributed by atoms with van der Waals surface area (Å²) in [5, 5.41) is 0. The van der Waals surface area contributed by atoms with E-state index < -0.39 is 0 Å². The van der Waals surface area contributed by atoms with Crippen LogP contribution in [0.5, 0.6) is 11.5 Å². The first-order valence-corrected chi connectivity index (χ1v) is 11.8. The van der Waals surface area contributed by atoms with Crippen molar-refractivity contribution in [3.8, 4) is 22.6 Å². The Morgan fingerprint density at radius 3 is 1.28 bits per heavy atom. The van der Waals surface area contributed by atoms with Crippen molar-refractivity contribution in [2.24, 2.45) is 0 Å². The van der Waals surface area contributed by atoms with Crippen molar-refractivity contribution in [2.75, 3.05) is 0 Å². The maximum Gasteiger partial charge on any atom is 0.127 e. The van der Waals surface area contributed by atoms with Gasteiger partial charge in [0.2, 0.25) is 0 Å². The molecule has 0 N–H and O–H groups in total. The zero-order valence-corrected chi connectivity index (χ0v) is 19.8. The molecule has 5 rings (SSSR count). The van der Waals surface area contributed by atoms with Crippen LogP contribution in [0.4, 0.5) is 0 Å². The van der Waals surface area contributed by atoms with Crippen molar-refractivity contribution in [3.63, 3.8) is 0 Å². The molecule has 1 heteroatoms. The van der Waals surface area contributed by atoms with E-state index in [-0.39, 0.29) is 0 Å². The number of hydrogen-bond acceptors (Lipinski definition) is 1. The molecule has 0 spiro atoms. The van der Waals surface area contributed by atoms with Crippen molar-refractivity contribution < 1.29 is 4.74 Å². The second-order valence-corrected chi connectivity index (χ2v) is 7.59. The van der Waals surface area contributed by atoms with E-state index in [9.17, 15) is 0 Å². The Hall–Kier alpha value is -3.32. The van der Waals surface area contributed by atoms with Crippen molar-refractivity contribution in [2.45, 2.75) is 47.0 Å². The summed E-state index contributed by atoms with van der Waals surface area (Å²) in [6.07, 6.45) is 3.23. The number of hydrogen-bond donors (Lipinski definition) is 0. The lowest BCUT2D eigenvalue weighted by Crippen LogP contribution is -1.86. The van der Waals surface area contributed by atoms with E-state index in [1.54, 1.807) is 0 Å². The van der Waals surface area contributed by atoms with Crippen LogP contribution >= 0.6 is 0 Å². The number of rotatable bonds is 4. The van der Waals surface area contributed by atoms with Crippen molar-refractivity contribution in [1.29, 1.82) is 0 Å². The largest absolute Gasteiger partial charge is 0.457 e. The van der Waals surface area contributed by atoms with Crippen LogP contribution in [-0.2, 0) is 19.3 Å². The minimum Gasteiger partial charge on any atom is -0.457 e. The molecule has 0 heterocycles. The molecule has 1 nitrogen and oxygen atoms in total. The third-order valence-electron chi connectivity index (χ3n) is 5.60. The fourth-order valence-corrected chi connectivity index (χ4v) is 3.80. The average molecular weight is 423 g/mol. The Kier molecular flexibility index (Phi) is 8.69. The maximum absolute atomic E-state index is 5.78. The summed E-state index contributed by atoms with van der Waals surface area (Å²) in [5.41, 5.74) is 8.42. The van der Waals surface area contributed by atoms with Gasteiger partial charge in [-0.1, -0.05) is 100 Å².